The summed E-state index contributed by atoms with van der Waals surface area (Å²) in [5.41, 5.74) is 0.268. The van der Waals surface area contributed by atoms with Crippen LogP contribution in [0.5, 0.6) is 0 Å². The number of alkyl halides is 1. The second kappa shape index (κ2) is 5.17. The van der Waals surface area contributed by atoms with Gasteiger partial charge in [-0.1, -0.05) is 0 Å². The Kier molecular flexibility index (Phi) is 4.10. The van der Waals surface area contributed by atoms with Crippen molar-refractivity contribution in [1.82, 2.24) is 0 Å². The Morgan fingerprint density at radius 3 is 2.73 bits per heavy atom. The summed E-state index contributed by atoms with van der Waals surface area (Å²) in [6.45, 7) is 1.72. The van der Waals surface area contributed by atoms with Crippen LogP contribution in [-0.4, -0.2) is 19.1 Å². The van der Waals surface area contributed by atoms with Gasteiger partial charge in [-0.05, 0) is 46.7 Å². The summed E-state index contributed by atoms with van der Waals surface area (Å²) in [6, 6.07) is 2.20. The van der Waals surface area contributed by atoms with Crippen molar-refractivity contribution in [3.63, 3.8) is 0 Å². The first-order valence-corrected chi connectivity index (χ1v) is 7.31. The predicted molar refractivity (Wildman–Crippen MR) is 68.9 cm³/mol. The van der Waals surface area contributed by atoms with Gasteiger partial charge >= 0.3 is 0 Å². The summed E-state index contributed by atoms with van der Waals surface area (Å²) < 4.78 is 6.58. The minimum absolute atomic E-state index is 0.268. The average Bonchev–Trinajstić information content (AvgIpc) is 2.65. The molecule has 0 aromatic carbocycles. The SMILES string of the molecule is ClCC1(Cc2cc(Br)cs2)CCOCC1. The summed E-state index contributed by atoms with van der Waals surface area (Å²) >= 11 is 11.4. The van der Waals surface area contributed by atoms with Crippen LogP contribution in [-0.2, 0) is 11.2 Å². The lowest BCUT2D eigenvalue weighted by Gasteiger charge is -2.35. The van der Waals surface area contributed by atoms with Crippen LogP contribution in [0.15, 0.2) is 15.9 Å². The highest BCUT2D eigenvalue weighted by Crippen LogP contribution is 2.37. The minimum atomic E-state index is 0.268. The molecule has 4 heteroatoms. The van der Waals surface area contributed by atoms with Crippen molar-refractivity contribution in [2.75, 3.05) is 19.1 Å². The van der Waals surface area contributed by atoms with Crippen LogP contribution in [0.2, 0.25) is 0 Å². The van der Waals surface area contributed by atoms with E-state index in [-0.39, 0.29) is 5.41 Å². The smallest absolute Gasteiger partial charge is 0.0471 e. The summed E-state index contributed by atoms with van der Waals surface area (Å²) in [5.74, 6) is 0.742. The Labute approximate surface area is 108 Å². The molecule has 0 saturated carbocycles. The third-order valence-electron chi connectivity index (χ3n) is 3.01. The van der Waals surface area contributed by atoms with Crippen LogP contribution in [0.25, 0.3) is 0 Å². The average molecular weight is 310 g/mol. The van der Waals surface area contributed by atoms with E-state index in [9.17, 15) is 0 Å². The van der Waals surface area contributed by atoms with Gasteiger partial charge in [-0.25, -0.2) is 0 Å². The van der Waals surface area contributed by atoms with Crippen LogP contribution in [0.3, 0.4) is 0 Å². The van der Waals surface area contributed by atoms with Crippen LogP contribution in [0, 0.1) is 5.41 Å². The van der Waals surface area contributed by atoms with Crippen molar-refractivity contribution in [2.24, 2.45) is 5.41 Å². The normalized spacial score (nSPS) is 20.4. The van der Waals surface area contributed by atoms with Crippen LogP contribution in [0.4, 0.5) is 0 Å². The van der Waals surface area contributed by atoms with Gasteiger partial charge in [0.05, 0.1) is 0 Å². The molecular weight excluding hydrogens is 296 g/mol. The Morgan fingerprint density at radius 1 is 1.47 bits per heavy atom. The molecule has 0 atom stereocenters. The molecule has 1 saturated heterocycles. The number of hydrogen-bond donors (Lipinski definition) is 0. The maximum Gasteiger partial charge on any atom is 0.0471 e. The molecule has 0 unspecified atom stereocenters. The zero-order valence-electron chi connectivity index (χ0n) is 8.47. The summed E-state index contributed by atoms with van der Waals surface area (Å²) in [7, 11) is 0. The fourth-order valence-electron chi connectivity index (χ4n) is 1.98. The van der Waals surface area contributed by atoms with E-state index < -0.39 is 0 Å². The van der Waals surface area contributed by atoms with E-state index in [2.05, 4.69) is 27.4 Å². The van der Waals surface area contributed by atoms with E-state index in [0.717, 1.165) is 38.4 Å². The lowest BCUT2D eigenvalue weighted by Crippen LogP contribution is -2.33. The second-order valence-corrected chi connectivity index (χ2v) is 6.33. The third-order valence-corrected chi connectivity index (χ3v) is 5.27. The molecule has 0 N–H and O–H groups in total. The van der Waals surface area contributed by atoms with Crippen molar-refractivity contribution in [2.45, 2.75) is 19.3 Å². The molecule has 1 aliphatic heterocycles. The Hall–Kier alpha value is 0.430. The van der Waals surface area contributed by atoms with Gasteiger partial charge in [-0.2, -0.15) is 0 Å². The molecule has 0 radical (unpaired) electrons. The lowest BCUT2D eigenvalue weighted by atomic mass is 9.79. The highest BCUT2D eigenvalue weighted by Gasteiger charge is 2.32. The summed E-state index contributed by atoms with van der Waals surface area (Å²) in [6.07, 6.45) is 3.27. The van der Waals surface area contributed by atoms with Gasteiger partial charge in [0.2, 0.25) is 0 Å². The van der Waals surface area contributed by atoms with Crippen molar-refractivity contribution in [1.29, 1.82) is 0 Å². The van der Waals surface area contributed by atoms with Crippen molar-refractivity contribution in [3.05, 3.63) is 20.8 Å². The first-order valence-electron chi connectivity index (χ1n) is 5.11. The topological polar surface area (TPSA) is 9.23 Å². The van der Waals surface area contributed by atoms with Gasteiger partial charge in [-0.15, -0.1) is 22.9 Å². The highest BCUT2D eigenvalue weighted by atomic mass is 79.9. The maximum atomic E-state index is 6.13. The molecule has 1 fully saturated rings. The van der Waals surface area contributed by atoms with Crippen LogP contribution >= 0.6 is 38.9 Å². The molecule has 0 spiro atoms. The van der Waals surface area contributed by atoms with E-state index in [0.29, 0.717) is 0 Å². The Morgan fingerprint density at radius 2 is 2.20 bits per heavy atom. The molecule has 1 aromatic rings. The quantitative estimate of drug-likeness (QED) is 0.764. The fraction of sp³-hybridized carbons (Fsp3) is 0.636. The number of hydrogen-bond acceptors (Lipinski definition) is 2. The number of halogens is 2. The zero-order valence-corrected chi connectivity index (χ0v) is 11.6. The molecule has 84 valence electrons. The molecule has 0 bridgehead atoms. The van der Waals surface area contributed by atoms with Crippen LogP contribution < -0.4 is 0 Å². The minimum Gasteiger partial charge on any atom is -0.381 e. The molecule has 1 aromatic heterocycles. The molecule has 1 nitrogen and oxygen atoms in total. The van der Waals surface area contributed by atoms with Gasteiger partial charge in [0.25, 0.3) is 0 Å². The van der Waals surface area contributed by atoms with Gasteiger partial charge in [0.1, 0.15) is 0 Å². The lowest BCUT2D eigenvalue weighted by molar-refractivity contribution is 0.0261. The van der Waals surface area contributed by atoms with Crippen molar-refractivity contribution < 1.29 is 4.74 Å². The highest BCUT2D eigenvalue weighted by molar-refractivity contribution is 9.10. The van der Waals surface area contributed by atoms with E-state index >= 15 is 0 Å². The Bertz CT molecular complexity index is 320. The molecule has 0 aliphatic carbocycles. The standard InChI is InChI=1S/C11H14BrClOS/c12-9-5-10(15-7-9)6-11(8-13)1-3-14-4-2-11/h5,7H,1-4,6,8H2. The van der Waals surface area contributed by atoms with Gasteiger partial charge in [0.15, 0.2) is 0 Å². The number of ether oxygens (including phenoxy) is 1. The van der Waals surface area contributed by atoms with E-state index in [4.69, 9.17) is 16.3 Å². The monoisotopic (exact) mass is 308 g/mol. The largest absolute Gasteiger partial charge is 0.381 e. The number of rotatable bonds is 3. The summed E-state index contributed by atoms with van der Waals surface area (Å²) in [5, 5.41) is 2.14. The number of thiophene rings is 1. The van der Waals surface area contributed by atoms with Crippen molar-refractivity contribution in [3.8, 4) is 0 Å². The first kappa shape index (κ1) is 11.9. The zero-order chi connectivity index (χ0) is 10.7. The van der Waals surface area contributed by atoms with Crippen LogP contribution in [0.1, 0.15) is 17.7 Å². The maximum absolute atomic E-state index is 6.13. The third kappa shape index (κ3) is 2.96. The van der Waals surface area contributed by atoms with E-state index in [1.54, 1.807) is 0 Å². The summed E-state index contributed by atoms with van der Waals surface area (Å²) in [4.78, 5) is 1.42. The van der Waals surface area contributed by atoms with Gasteiger partial charge in [0, 0.05) is 33.8 Å². The van der Waals surface area contributed by atoms with E-state index in [1.165, 1.54) is 9.35 Å². The predicted octanol–water partition coefficient (Wildman–Crippen LogP) is 4.09. The molecule has 2 rings (SSSR count). The van der Waals surface area contributed by atoms with Gasteiger partial charge < -0.3 is 4.74 Å². The van der Waals surface area contributed by atoms with Gasteiger partial charge in [-0.3, -0.25) is 0 Å². The van der Waals surface area contributed by atoms with Crippen molar-refractivity contribution >= 4 is 38.9 Å². The molecule has 1 aliphatic rings. The molecular formula is C11H14BrClOS. The second-order valence-electron chi connectivity index (χ2n) is 4.15. The fourth-order valence-corrected chi connectivity index (χ4v) is 3.96. The van der Waals surface area contributed by atoms with E-state index in [1.807, 2.05) is 11.3 Å². The molecule has 0 amide bonds. The molecule has 2 heterocycles. The Balaban J connectivity index is 2.06. The first-order chi connectivity index (χ1) is 7.24. The molecule has 15 heavy (non-hydrogen) atoms.